The van der Waals surface area contributed by atoms with Gasteiger partial charge in [-0.15, -0.1) is 0 Å². The molecule has 0 aliphatic carbocycles. The van der Waals surface area contributed by atoms with Crippen molar-refractivity contribution in [2.75, 3.05) is 0 Å². The zero-order chi connectivity index (χ0) is 9.84. The van der Waals surface area contributed by atoms with Crippen molar-refractivity contribution in [3.8, 4) is 0 Å². The van der Waals surface area contributed by atoms with E-state index in [4.69, 9.17) is 5.73 Å². The van der Waals surface area contributed by atoms with Gasteiger partial charge in [0.2, 0.25) is 0 Å². The lowest BCUT2D eigenvalue weighted by Crippen LogP contribution is -2.19. The summed E-state index contributed by atoms with van der Waals surface area (Å²) in [5, 5.41) is 0. The van der Waals surface area contributed by atoms with E-state index in [0.29, 0.717) is 5.56 Å². The third kappa shape index (κ3) is 2.95. The topological polar surface area (TPSA) is 43.1 Å². The fourth-order valence-corrected chi connectivity index (χ4v) is 1.07. The number of hydrogen-bond acceptors (Lipinski definition) is 2. The van der Waals surface area contributed by atoms with Crippen molar-refractivity contribution in [3.05, 3.63) is 35.6 Å². The quantitative estimate of drug-likeness (QED) is 0.722. The van der Waals surface area contributed by atoms with Crippen LogP contribution in [0.5, 0.6) is 0 Å². The highest BCUT2D eigenvalue weighted by molar-refractivity contribution is 5.96. The van der Waals surface area contributed by atoms with E-state index in [1.807, 2.05) is 0 Å². The fraction of sp³-hybridized carbons (Fsp3) is 0.300. The summed E-state index contributed by atoms with van der Waals surface area (Å²) in [6.07, 6.45) is 0.253. The van der Waals surface area contributed by atoms with Crippen LogP contribution >= 0.6 is 0 Å². The van der Waals surface area contributed by atoms with Crippen LogP contribution in [0.15, 0.2) is 24.3 Å². The molecule has 1 rings (SSSR count). The molecular weight excluding hydrogens is 169 g/mol. The van der Waals surface area contributed by atoms with E-state index < -0.39 is 5.82 Å². The first-order valence-electron chi connectivity index (χ1n) is 4.14. The third-order valence-corrected chi connectivity index (χ3v) is 1.65. The minimum atomic E-state index is -0.393. The van der Waals surface area contributed by atoms with Crippen molar-refractivity contribution in [1.82, 2.24) is 0 Å². The number of nitrogens with two attached hydrogens (primary N) is 1. The van der Waals surface area contributed by atoms with E-state index in [9.17, 15) is 9.18 Å². The lowest BCUT2D eigenvalue weighted by Gasteiger charge is -2.03. The molecule has 1 aromatic rings. The molecule has 1 atom stereocenters. The van der Waals surface area contributed by atoms with Crippen molar-refractivity contribution in [3.63, 3.8) is 0 Å². The van der Waals surface area contributed by atoms with Crippen LogP contribution in [0.4, 0.5) is 4.39 Å². The molecule has 1 unspecified atom stereocenters. The highest BCUT2D eigenvalue weighted by Gasteiger charge is 2.08. The van der Waals surface area contributed by atoms with E-state index in [-0.39, 0.29) is 18.2 Å². The van der Waals surface area contributed by atoms with Gasteiger partial charge in [0.25, 0.3) is 0 Å². The molecule has 0 bridgehead atoms. The second-order valence-corrected chi connectivity index (χ2v) is 3.11. The molecule has 0 radical (unpaired) electrons. The summed E-state index contributed by atoms with van der Waals surface area (Å²) in [7, 11) is 0. The SMILES string of the molecule is CC(N)CC(=O)c1cccc(F)c1. The van der Waals surface area contributed by atoms with Crippen LogP contribution in [0.1, 0.15) is 23.7 Å². The van der Waals surface area contributed by atoms with Gasteiger partial charge in [0.1, 0.15) is 5.82 Å². The molecule has 0 fully saturated rings. The van der Waals surface area contributed by atoms with Crippen molar-refractivity contribution in [1.29, 1.82) is 0 Å². The molecule has 0 saturated carbocycles. The lowest BCUT2D eigenvalue weighted by atomic mass is 10.1. The molecule has 2 N–H and O–H groups in total. The molecule has 13 heavy (non-hydrogen) atoms. The van der Waals surface area contributed by atoms with Gasteiger partial charge in [0, 0.05) is 18.0 Å². The average Bonchev–Trinajstić information content (AvgIpc) is 2.03. The Morgan fingerprint density at radius 1 is 1.62 bits per heavy atom. The van der Waals surface area contributed by atoms with Crippen LogP contribution in [0, 0.1) is 5.82 Å². The van der Waals surface area contributed by atoms with E-state index in [2.05, 4.69) is 0 Å². The van der Waals surface area contributed by atoms with Gasteiger partial charge in [-0.1, -0.05) is 12.1 Å². The van der Waals surface area contributed by atoms with Crippen LogP contribution in [-0.4, -0.2) is 11.8 Å². The summed E-state index contributed by atoms with van der Waals surface area (Å²) < 4.78 is 12.7. The summed E-state index contributed by atoms with van der Waals surface area (Å²) >= 11 is 0. The number of carbonyl (C=O) groups is 1. The smallest absolute Gasteiger partial charge is 0.164 e. The summed E-state index contributed by atoms with van der Waals surface area (Å²) in [5.74, 6) is -0.509. The first kappa shape index (κ1) is 9.86. The number of ketones is 1. The number of carbonyl (C=O) groups excluding carboxylic acids is 1. The van der Waals surface area contributed by atoms with Gasteiger partial charge < -0.3 is 5.73 Å². The maximum absolute atomic E-state index is 12.7. The van der Waals surface area contributed by atoms with Crippen LogP contribution in [0.2, 0.25) is 0 Å². The van der Waals surface area contributed by atoms with Crippen molar-refractivity contribution in [2.24, 2.45) is 5.73 Å². The Bertz CT molecular complexity index is 310. The number of benzene rings is 1. The number of hydrogen-bond donors (Lipinski definition) is 1. The summed E-state index contributed by atoms with van der Waals surface area (Å²) in [6.45, 7) is 1.75. The Balaban J connectivity index is 2.77. The molecule has 0 aliphatic rings. The molecule has 0 aromatic heterocycles. The summed E-state index contributed by atoms with van der Waals surface area (Å²) in [4.78, 5) is 11.4. The Kier molecular flexibility index (Phi) is 3.14. The first-order chi connectivity index (χ1) is 6.09. The molecule has 0 aliphatic heterocycles. The fourth-order valence-electron chi connectivity index (χ4n) is 1.07. The van der Waals surface area contributed by atoms with Crippen LogP contribution in [-0.2, 0) is 0 Å². The second kappa shape index (κ2) is 4.14. The second-order valence-electron chi connectivity index (χ2n) is 3.11. The molecule has 3 heteroatoms. The molecule has 0 amide bonds. The van der Waals surface area contributed by atoms with Crippen LogP contribution < -0.4 is 5.73 Å². The zero-order valence-electron chi connectivity index (χ0n) is 7.46. The van der Waals surface area contributed by atoms with Gasteiger partial charge in [-0.05, 0) is 19.1 Å². The first-order valence-corrected chi connectivity index (χ1v) is 4.14. The Morgan fingerprint density at radius 2 is 2.31 bits per heavy atom. The van der Waals surface area contributed by atoms with E-state index in [1.54, 1.807) is 13.0 Å². The molecule has 0 heterocycles. The van der Waals surface area contributed by atoms with Crippen molar-refractivity contribution < 1.29 is 9.18 Å². The minimum Gasteiger partial charge on any atom is -0.328 e. The Labute approximate surface area is 76.6 Å². The summed E-state index contributed by atoms with van der Waals surface area (Å²) in [6, 6.07) is 5.46. The maximum Gasteiger partial charge on any atom is 0.164 e. The molecule has 2 nitrogen and oxygen atoms in total. The number of Topliss-reactive ketones (excluding diaryl/α,β-unsaturated/α-hetero) is 1. The Hall–Kier alpha value is -1.22. The lowest BCUT2D eigenvalue weighted by molar-refractivity contribution is 0.0976. The van der Waals surface area contributed by atoms with E-state index in [0.717, 1.165) is 0 Å². The largest absolute Gasteiger partial charge is 0.328 e. The monoisotopic (exact) mass is 181 g/mol. The zero-order valence-corrected chi connectivity index (χ0v) is 7.46. The molecular formula is C10H12FNO. The summed E-state index contributed by atoms with van der Waals surface area (Å²) in [5.41, 5.74) is 5.84. The number of halogens is 1. The average molecular weight is 181 g/mol. The van der Waals surface area contributed by atoms with Gasteiger partial charge in [0.15, 0.2) is 5.78 Å². The molecule has 1 aromatic carbocycles. The van der Waals surface area contributed by atoms with Gasteiger partial charge in [-0.3, -0.25) is 4.79 Å². The van der Waals surface area contributed by atoms with Crippen LogP contribution in [0.25, 0.3) is 0 Å². The molecule has 0 saturated heterocycles. The molecule has 70 valence electrons. The van der Waals surface area contributed by atoms with Gasteiger partial charge in [-0.25, -0.2) is 4.39 Å². The molecule has 0 spiro atoms. The highest BCUT2D eigenvalue weighted by Crippen LogP contribution is 2.07. The Morgan fingerprint density at radius 3 is 2.85 bits per heavy atom. The predicted octanol–water partition coefficient (Wildman–Crippen LogP) is 1.75. The van der Waals surface area contributed by atoms with Gasteiger partial charge >= 0.3 is 0 Å². The van der Waals surface area contributed by atoms with Gasteiger partial charge in [0.05, 0.1) is 0 Å². The van der Waals surface area contributed by atoms with E-state index in [1.165, 1.54) is 18.2 Å². The normalized spacial score (nSPS) is 12.5. The third-order valence-electron chi connectivity index (χ3n) is 1.65. The van der Waals surface area contributed by atoms with Crippen LogP contribution in [0.3, 0.4) is 0 Å². The predicted molar refractivity (Wildman–Crippen MR) is 49.0 cm³/mol. The van der Waals surface area contributed by atoms with Crippen molar-refractivity contribution >= 4 is 5.78 Å². The van der Waals surface area contributed by atoms with Gasteiger partial charge in [-0.2, -0.15) is 0 Å². The number of rotatable bonds is 3. The van der Waals surface area contributed by atoms with Crippen molar-refractivity contribution in [2.45, 2.75) is 19.4 Å². The highest BCUT2D eigenvalue weighted by atomic mass is 19.1. The van der Waals surface area contributed by atoms with E-state index >= 15 is 0 Å². The minimum absolute atomic E-state index is 0.116. The standard InChI is InChI=1S/C10H12FNO/c1-7(12)5-10(13)8-3-2-4-9(11)6-8/h2-4,6-7H,5,12H2,1H3. The maximum atomic E-state index is 12.7.